The molecule has 0 radical (unpaired) electrons. The Morgan fingerprint density at radius 2 is 2.22 bits per heavy atom. The van der Waals surface area contributed by atoms with Gasteiger partial charge in [-0.25, -0.2) is 4.79 Å². The molecule has 1 unspecified atom stereocenters. The molecular weight excluding hydrogens is 370 g/mol. The Hall–Kier alpha value is -2.29. The molecule has 0 saturated heterocycles. The van der Waals surface area contributed by atoms with Crippen LogP contribution < -0.4 is 15.7 Å². The van der Waals surface area contributed by atoms with Crippen molar-refractivity contribution in [1.82, 2.24) is 5.32 Å². The van der Waals surface area contributed by atoms with Crippen LogP contribution in [0.25, 0.3) is 0 Å². The lowest BCUT2D eigenvalue weighted by molar-refractivity contribution is -0.125. The Morgan fingerprint density at radius 3 is 2.85 bits per heavy atom. The van der Waals surface area contributed by atoms with Gasteiger partial charge >= 0.3 is 5.63 Å². The second-order valence-electron chi connectivity index (χ2n) is 6.37. The van der Waals surface area contributed by atoms with Crippen LogP contribution in [0.2, 0.25) is 0 Å². The van der Waals surface area contributed by atoms with E-state index in [-0.39, 0.29) is 5.91 Å². The molecule has 9 heteroatoms. The average Bonchev–Trinajstić information content (AvgIpc) is 3.04. The minimum atomic E-state index is -0.935. The molecule has 1 amide bonds. The number of nitrogens with zero attached hydrogens (tertiary/aromatic N) is 2. The van der Waals surface area contributed by atoms with Gasteiger partial charge in [-0.05, 0) is 20.3 Å². The summed E-state index contributed by atoms with van der Waals surface area (Å²) in [6.45, 7) is 5.54. The maximum atomic E-state index is 12.9. The van der Waals surface area contributed by atoms with Gasteiger partial charge in [-0.3, -0.25) is 9.79 Å². The number of aliphatic imine (C=N–C) groups is 1. The second-order valence-corrected chi connectivity index (χ2v) is 7.34. The van der Waals surface area contributed by atoms with E-state index in [1.807, 2.05) is 6.92 Å². The third kappa shape index (κ3) is 5.12. The SMILES string of the molecule is CCC[C@@H](NC(=O)C1(C)CSC(/C(C)=N/OC)=N1)c1cc(OC)cc(=O)o1. The van der Waals surface area contributed by atoms with Crippen LogP contribution >= 0.6 is 11.8 Å². The number of carbonyl (C=O) groups excluding carboxylic acids is 1. The van der Waals surface area contributed by atoms with Gasteiger partial charge in [0, 0.05) is 11.8 Å². The standard InChI is InChI=1S/C18H25N3O5S/c1-6-7-13(14-8-12(24-4)9-15(22)26-14)19-17(23)18(3)10-27-16(20-18)11(2)21-25-5/h8-9,13H,6-7,10H2,1-5H3,(H,19,23)/b21-11+/t13-,18?/m1/s1. The molecule has 0 fully saturated rings. The van der Waals surface area contributed by atoms with E-state index in [2.05, 4.69) is 15.5 Å². The molecule has 148 valence electrons. The van der Waals surface area contributed by atoms with Crippen molar-refractivity contribution in [2.24, 2.45) is 10.1 Å². The van der Waals surface area contributed by atoms with Gasteiger partial charge < -0.3 is 19.3 Å². The molecule has 1 aliphatic rings. The fourth-order valence-corrected chi connectivity index (χ4v) is 3.75. The van der Waals surface area contributed by atoms with Crippen molar-refractivity contribution in [2.45, 2.75) is 45.2 Å². The third-order valence-corrected chi connectivity index (χ3v) is 5.46. The summed E-state index contributed by atoms with van der Waals surface area (Å²) in [6, 6.07) is 2.44. The number of hydrogen-bond donors (Lipinski definition) is 1. The minimum absolute atomic E-state index is 0.237. The lowest BCUT2D eigenvalue weighted by atomic mass is 10.0. The topological polar surface area (TPSA) is 102 Å². The van der Waals surface area contributed by atoms with E-state index in [1.165, 1.54) is 32.0 Å². The smallest absolute Gasteiger partial charge is 0.339 e. The molecule has 0 saturated carbocycles. The highest BCUT2D eigenvalue weighted by Crippen LogP contribution is 2.30. The number of thioether (sulfide) groups is 1. The maximum absolute atomic E-state index is 12.9. The fraction of sp³-hybridized carbons (Fsp3) is 0.556. The van der Waals surface area contributed by atoms with Crippen LogP contribution in [0, 0.1) is 0 Å². The average molecular weight is 395 g/mol. The Balaban J connectivity index is 2.24. The summed E-state index contributed by atoms with van der Waals surface area (Å²) in [5.41, 5.74) is -0.827. The number of ether oxygens (including phenoxy) is 1. The van der Waals surface area contributed by atoms with Crippen molar-refractivity contribution in [3.05, 3.63) is 28.3 Å². The summed E-state index contributed by atoms with van der Waals surface area (Å²) in [5, 5.41) is 7.51. The molecule has 0 aromatic carbocycles. The first-order chi connectivity index (χ1) is 12.8. The number of methoxy groups -OCH3 is 1. The number of rotatable bonds is 8. The molecule has 0 bridgehead atoms. The van der Waals surface area contributed by atoms with Gasteiger partial charge in [0.25, 0.3) is 0 Å². The molecule has 8 nitrogen and oxygen atoms in total. The van der Waals surface area contributed by atoms with Crippen molar-refractivity contribution in [1.29, 1.82) is 0 Å². The summed E-state index contributed by atoms with van der Waals surface area (Å²) < 4.78 is 10.4. The van der Waals surface area contributed by atoms with Crippen LogP contribution in [0.3, 0.4) is 0 Å². The molecule has 0 spiro atoms. The van der Waals surface area contributed by atoms with Gasteiger partial charge in [0.1, 0.15) is 34.9 Å². The van der Waals surface area contributed by atoms with Gasteiger partial charge in [0.05, 0.1) is 19.2 Å². The highest BCUT2D eigenvalue weighted by molar-refractivity contribution is 8.16. The predicted molar refractivity (Wildman–Crippen MR) is 106 cm³/mol. The summed E-state index contributed by atoms with van der Waals surface area (Å²) in [5.74, 6) is 1.02. The van der Waals surface area contributed by atoms with Crippen molar-refractivity contribution in [3.8, 4) is 5.75 Å². The molecule has 2 rings (SSSR count). The van der Waals surface area contributed by atoms with Crippen molar-refractivity contribution < 1.29 is 18.8 Å². The number of nitrogens with one attached hydrogen (secondary N) is 1. The van der Waals surface area contributed by atoms with Gasteiger partial charge in [0.15, 0.2) is 0 Å². The summed E-state index contributed by atoms with van der Waals surface area (Å²) in [4.78, 5) is 34.0. The fourth-order valence-electron chi connectivity index (χ4n) is 2.63. The number of amides is 1. The first-order valence-electron chi connectivity index (χ1n) is 8.63. The quantitative estimate of drug-likeness (QED) is 0.536. The van der Waals surface area contributed by atoms with Crippen LogP contribution in [-0.4, -0.2) is 42.2 Å². The van der Waals surface area contributed by atoms with E-state index < -0.39 is 17.2 Å². The van der Waals surface area contributed by atoms with Crippen LogP contribution in [0.1, 0.15) is 45.4 Å². The molecule has 27 heavy (non-hydrogen) atoms. The van der Waals surface area contributed by atoms with Gasteiger partial charge in [-0.15, -0.1) is 11.8 Å². The van der Waals surface area contributed by atoms with Crippen molar-refractivity contribution in [3.63, 3.8) is 0 Å². The number of hydrogen-bond acceptors (Lipinski definition) is 8. The van der Waals surface area contributed by atoms with Gasteiger partial charge in [-0.1, -0.05) is 18.5 Å². The zero-order chi connectivity index (χ0) is 20.0. The second kappa shape index (κ2) is 9.07. The summed E-state index contributed by atoms with van der Waals surface area (Å²) >= 11 is 1.46. The van der Waals surface area contributed by atoms with Crippen LogP contribution in [-0.2, 0) is 9.63 Å². The molecule has 1 aromatic heterocycles. The molecule has 1 aromatic rings. The molecular formula is C18H25N3O5S. The highest BCUT2D eigenvalue weighted by atomic mass is 32.2. The Morgan fingerprint density at radius 1 is 1.48 bits per heavy atom. The summed E-state index contributed by atoms with van der Waals surface area (Å²) in [6.07, 6.45) is 1.41. The van der Waals surface area contributed by atoms with Gasteiger partial charge in [-0.2, -0.15) is 0 Å². The maximum Gasteiger partial charge on any atom is 0.339 e. The predicted octanol–water partition coefficient (Wildman–Crippen LogP) is 2.53. The van der Waals surface area contributed by atoms with Crippen LogP contribution in [0.5, 0.6) is 5.75 Å². The molecule has 0 aliphatic carbocycles. The number of carbonyl (C=O) groups is 1. The van der Waals surface area contributed by atoms with E-state index >= 15 is 0 Å². The number of oxime groups is 1. The largest absolute Gasteiger partial charge is 0.496 e. The molecule has 1 N–H and O–H groups in total. The Labute approximate surface area is 162 Å². The van der Waals surface area contributed by atoms with Crippen LogP contribution in [0.4, 0.5) is 0 Å². The lowest BCUT2D eigenvalue weighted by Gasteiger charge is -2.24. The first kappa shape index (κ1) is 21.0. The Kier molecular flexibility index (Phi) is 7.06. The normalized spacial score (nSPS) is 20.8. The van der Waals surface area contributed by atoms with Crippen molar-refractivity contribution in [2.75, 3.05) is 20.0 Å². The zero-order valence-electron chi connectivity index (χ0n) is 16.2. The minimum Gasteiger partial charge on any atom is -0.496 e. The Bertz CT molecular complexity index is 804. The van der Waals surface area contributed by atoms with E-state index in [0.717, 1.165) is 6.42 Å². The van der Waals surface area contributed by atoms with E-state index in [0.29, 0.717) is 34.4 Å². The van der Waals surface area contributed by atoms with E-state index in [9.17, 15) is 9.59 Å². The molecule has 1 aliphatic heterocycles. The van der Waals surface area contributed by atoms with Gasteiger partial charge in [0.2, 0.25) is 5.91 Å². The van der Waals surface area contributed by atoms with E-state index in [1.54, 1.807) is 19.9 Å². The van der Waals surface area contributed by atoms with E-state index in [4.69, 9.17) is 14.0 Å². The molecule has 2 heterocycles. The first-order valence-corrected chi connectivity index (χ1v) is 9.62. The lowest BCUT2D eigenvalue weighted by Crippen LogP contribution is -2.45. The molecule has 2 atom stereocenters. The van der Waals surface area contributed by atoms with Crippen molar-refractivity contribution >= 4 is 28.4 Å². The zero-order valence-corrected chi connectivity index (χ0v) is 17.0. The highest BCUT2D eigenvalue weighted by Gasteiger charge is 2.40. The monoisotopic (exact) mass is 395 g/mol. The summed E-state index contributed by atoms with van der Waals surface area (Å²) in [7, 11) is 2.94. The third-order valence-electron chi connectivity index (χ3n) is 4.09. The van der Waals surface area contributed by atoms with Crippen LogP contribution in [0.15, 0.2) is 31.5 Å².